The topological polar surface area (TPSA) is 226 Å². The maximum Gasteiger partial charge on any atom is 0.351 e. The smallest absolute Gasteiger partial charge is 0.351 e. The number of carboxylic acids is 1. The molecule has 1 aliphatic heterocycles. The van der Waals surface area contributed by atoms with E-state index >= 15 is 0 Å². The molecule has 13 nitrogen and oxygen atoms in total. The number of anilines is 1. The van der Waals surface area contributed by atoms with Gasteiger partial charge in [-0.1, -0.05) is 0 Å². The first kappa shape index (κ1) is 22.2. The summed E-state index contributed by atoms with van der Waals surface area (Å²) in [4.78, 5) is 40.6. The largest absolute Gasteiger partial charge is 0.481 e. The van der Waals surface area contributed by atoms with Crippen LogP contribution in [0.25, 0.3) is 0 Å². The van der Waals surface area contributed by atoms with E-state index < -0.39 is 56.6 Å². The molecule has 14 heteroatoms. The highest BCUT2D eigenvalue weighted by Gasteiger charge is 2.43. The van der Waals surface area contributed by atoms with Gasteiger partial charge in [0.25, 0.3) is 0 Å². The molecule has 1 saturated heterocycles. The third-order valence-corrected chi connectivity index (χ3v) is 3.99. The zero-order chi connectivity index (χ0) is 20.2. The van der Waals surface area contributed by atoms with E-state index in [0.29, 0.717) is 5.56 Å². The Morgan fingerprint density at radius 1 is 1.38 bits per heavy atom. The molecule has 0 aliphatic carbocycles. The van der Waals surface area contributed by atoms with E-state index in [4.69, 9.17) is 30.5 Å². The van der Waals surface area contributed by atoms with E-state index in [2.05, 4.69) is 4.98 Å². The summed E-state index contributed by atoms with van der Waals surface area (Å²) < 4.78 is 16.0. The summed E-state index contributed by atoms with van der Waals surface area (Å²) in [6, 6.07) is 0. The van der Waals surface area contributed by atoms with Gasteiger partial charge in [-0.2, -0.15) is 4.98 Å². The summed E-state index contributed by atoms with van der Waals surface area (Å²) in [5, 5.41) is 36.1. The number of nitrogens with zero attached hydrogens (tertiary/aromatic N) is 2. The van der Waals surface area contributed by atoms with Crippen molar-refractivity contribution in [2.24, 2.45) is 0 Å². The van der Waals surface area contributed by atoms with Gasteiger partial charge < -0.3 is 40.7 Å². The number of carboxylic acid groups (broad SMARTS) is 1. The molecule has 2 heterocycles. The summed E-state index contributed by atoms with van der Waals surface area (Å²) in [6.07, 6.45) is -4.29. The van der Waals surface area contributed by atoms with Crippen molar-refractivity contribution in [2.45, 2.75) is 31.5 Å². The molecular weight excluding hydrogens is 377 g/mol. The number of hydrogen-bond acceptors (Lipinski definition) is 9. The van der Waals surface area contributed by atoms with Crippen LogP contribution in [0.3, 0.4) is 0 Å². The van der Waals surface area contributed by atoms with Crippen molar-refractivity contribution in [3.05, 3.63) is 22.2 Å². The Morgan fingerprint density at radius 3 is 2.35 bits per heavy atom. The minimum Gasteiger partial charge on any atom is -0.481 e. The Bertz CT molecular complexity index is 747. The Hall–Kier alpha value is -1.86. The maximum atomic E-state index is 11.7. The fourth-order valence-electron chi connectivity index (χ4n) is 2.05. The highest BCUT2D eigenvalue weighted by Crippen LogP contribution is 2.33. The van der Waals surface area contributed by atoms with E-state index in [1.165, 1.54) is 6.20 Å². The molecule has 1 fully saturated rings. The van der Waals surface area contributed by atoms with Crippen molar-refractivity contribution in [1.82, 2.24) is 9.55 Å². The van der Waals surface area contributed by atoms with Gasteiger partial charge in [0.05, 0.1) is 6.61 Å². The first-order chi connectivity index (χ1) is 11.9. The zero-order valence-corrected chi connectivity index (χ0v) is 14.4. The average molecular weight is 397 g/mol. The van der Waals surface area contributed by atoms with Crippen molar-refractivity contribution in [2.75, 3.05) is 18.5 Å². The standard InChI is InChI=1S/C10H15N3O5.C2H5O5P/c1-4-2-13(10(17)12-8(4)11)9-7(16)6(15)5(3-14)18-9;3-2(4)1-8(5,6)7/h2,5-7,9,14-16H,3H2,1H3,(H2,11,12,17);1H2,(H,3,4)(H2,5,6,7)/t5-,6-,7-,9-;/m1./s1. The van der Waals surface area contributed by atoms with E-state index in [9.17, 15) is 24.4 Å². The number of aromatic nitrogens is 2. The highest BCUT2D eigenvalue weighted by atomic mass is 31.2. The molecule has 4 atom stereocenters. The van der Waals surface area contributed by atoms with E-state index in [-0.39, 0.29) is 5.82 Å². The lowest BCUT2D eigenvalue weighted by atomic mass is 10.1. The van der Waals surface area contributed by atoms with Crippen LogP contribution < -0.4 is 11.4 Å². The molecule has 26 heavy (non-hydrogen) atoms. The van der Waals surface area contributed by atoms with Crippen LogP contribution in [-0.2, 0) is 14.1 Å². The molecule has 8 N–H and O–H groups in total. The Kier molecular flexibility index (Phi) is 7.41. The minimum atomic E-state index is -4.32. The van der Waals surface area contributed by atoms with Gasteiger partial charge >= 0.3 is 19.3 Å². The normalized spacial score (nSPS) is 25.5. The second-order valence-electron chi connectivity index (χ2n) is 5.44. The first-order valence-electron chi connectivity index (χ1n) is 7.11. The van der Waals surface area contributed by atoms with Crippen LogP contribution in [0, 0.1) is 6.92 Å². The molecule has 1 aromatic rings. The lowest BCUT2D eigenvalue weighted by Crippen LogP contribution is -2.36. The van der Waals surface area contributed by atoms with Gasteiger partial charge in [-0.3, -0.25) is 13.9 Å². The second kappa shape index (κ2) is 8.68. The van der Waals surface area contributed by atoms with Gasteiger partial charge in [0.2, 0.25) is 0 Å². The SMILES string of the molecule is Cc1cn([C@@H]2O[C@H](CO)[C@@H](O)[C@H]2O)c(=O)nc1N.O=C(O)CP(=O)(O)O. The molecule has 0 saturated carbocycles. The molecule has 2 rings (SSSR count). The van der Waals surface area contributed by atoms with Crippen LogP contribution >= 0.6 is 7.60 Å². The number of carbonyl (C=O) groups is 1. The third kappa shape index (κ3) is 5.85. The molecule has 0 amide bonds. The fourth-order valence-corrected chi connectivity index (χ4v) is 2.40. The molecule has 1 aromatic heterocycles. The highest BCUT2D eigenvalue weighted by molar-refractivity contribution is 7.52. The van der Waals surface area contributed by atoms with E-state index in [0.717, 1.165) is 4.57 Å². The first-order valence-corrected chi connectivity index (χ1v) is 8.91. The molecule has 148 valence electrons. The van der Waals surface area contributed by atoms with Gasteiger partial charge in [-0.15, -0.1) is 0 Å². The van der Waals surface area contributed by atoms with Gasteiger partial charge in [0, 0.05) is 11.8 Å². The summed E-state index contributed by atoms with van der Waals surface area (Å²) >= 11 is 0. The minimum absolute atomic E-state index is 0.1000. The fraction of sp³-hybridized carbons (Fsp3) is 0.583. The second-order valence-corrected chi connectivity index (χ2v) is 7.09. The molecule has 0 spiro atoms. The van der Waals surface area contributed by atoms with Gasteiger partial charge in [0.15, 0.2) is 6.23 Å². The van der Waals surface area contributed by atoms with E-state index in [1.54, 1.807) is 6.92 Å². The predicted octanol–water partition coefficient (Wildman–Crippen LogP) is -3.01. The van der Waals surface area contributed by atoms with Crippen LogP contribution in [0.4, 0.5) is 5.82 Å². The van der Waals surface area contributed by atoms with Gasteiger partial charge in [-0.05, 0) is 6.92 Å². The molecule has 0 bridgehead atoms. The number of aliphatic carboxylic acids is 1. The Balaban J connectivity index is 0.000000359. The van der Waals surface area contributed by atoms with Crippen molar-refractivity contribution in [1.29, 1.82) is 0 Å². The predicted molar refractivity (Wildman–Crippen MR) is 85.2 cm³/mol. The lowest BCUT2D eigenvalue weighted by Gasteiger charge is -2.17. The number of aliphatic hydroxyl groups is 3. The summed E-state index contributed by atoms with van der Waals surface area (Å²) in [5.41, 5.74) is 5.35. The molecule has 0 aromatic carbocycles. The zero-order valence-electron chi connectivity index (χ0n) is 13.5. The van der Waals surface area contributed by atoms with Crippen molar-refractivity contribution in [3.8, 4) is 0 Å². The summed E-state index contributed by atoms with van der Waals surface area (Å²) in [5.74, 6) is -1.39. The van der Waals surface area contributed by atoms with E-state index in [1.807, 2.05) is 0 Å². The number of ether oxygens (including phenoxy) is 1. The van der Waals surface area contributed by atoms with Crippen LogP contribution in [0.15, 0.2) is 11.0 Å². The van der Waals surface area contributed by atoms with Gasteiger partial charge in [0.1, 0.15) is 30.3 Å². The third-order valence-electron chi connectivity index (χ3n) is 3.31. The lowest BCUT2D eigenvalue weighted by molar-refractivity contribution is -0.134. The Morgan fingerprint density at radius 2 is 1.96 bits per heavy atom. The van der Waals surface area contributed by atoms with Crippen molar-refractivity contribution in [3.63, 3.8) is 0 Å². The van der Waals surface area contributed by atoms with Crippen LogP contribution in [-0.4, -0.2) is 76.8 Å². The van der Waals surface area contributed by atoms with Crippen LogP contribution in [0.2, 0.25) is 0 Å². The number of aryl methyl sites for hydroxylation is 1. The summed E-state index contributed by atoms with van der Waals surface area (Å²) in [6.45, 7) is 1.20. The molecule has 0 radical (unpaired) electrons. The number of hydrogen-bond donors (Lipinski definition) is 7. The number of aliphatic hydroxyl groups excluding tert-OH is 3. The van der Waals surface area contributed by atoms with Crippen LogP contribution in [0.1, 0.15) is 11.8 Å². The summed E-state index contributed by atoms with van der Waals surface area (Å²) in [7, 11) is -4.32. The number of nitrogen functional groups attached to an aromatic ring is 1. The van der Waals surface area contributed by atoms with Crippen molar-refractivity contribution >= 4 is 19.4 Å². The molecule has 0 unspecified atom stereocenters. The number of nitrogens with two attached hydrogens (primary N) is 1. The monoisotopic (exact) mass is 397 g/mol. The number of rotatable bonds is 4. The Labute approximate surface area is 146 Å². The molecular formula is C12H20N3O10P. The molecule has 1 aliphatic rings. The average Bonchev–Trinajstić information content (AvgIpc) is 2.77. The quantitative estimate of drug-likeness (QED) is 0.252. The van der Waals surface area contributed by atoms with Crippen LogP contribution in [0.5, 0.6) is 0 Å². The van der Waals surface area contributed by atoms with Gasteiger partial charge in [-0.25, -0.2) is 4.79 Å². The maximum absolute atomic E-state index is 11.7. The van der Waals surface area contributed by atoms with Crippen molar-refractivity contribution < 1.29 is 44.3 Å².